The quantitative estimate of drug-likeness (QED) is 0.497. The molecule has 2 unspecified atom stereocenters. The normalized spacial score (nSPS) is 25.8. The molecule has 0 radical (unpaired) electrons. The van der Waals surface area contributed by atoms with Crippen molar-refractivity contribution in [3.05, 3.63) is 28.3 Å². The molecule has 0 spiro atoms. The number of fused-ring (bicyclic) bond motifs is 2. The van der Waals surface area contributed by atoms with Gasteiger partial charge >= 0.3 is 11.8 Å². The van der Waals surface area contributed by atoms with Gasteiger partial charge in [-0.05, 0) is 36.2 Å². The number of amides is 2. The standard InChI is InChI=1S/C19H25N3O5/c1-18(2)8-13-9-19(3,10-18)11-21(13)17(24)16(23)20-14-7-12(22(25)26)5-6-15(14)27-4/h5-7,13H,8-11H2,1-4H3,(H,20,23). The van der Waals surface area contributed by atoms with E-state index in [9.17, 15) is 19.7 Å². The first-order chi connectivity index (χ1) is 12.5. The van der Waals surface area contributed by atoms with Crippen molar-refractivity contribution < 1.29 is 19.2 Å². The average Bonchev–Trinajstić information content (AvgIpc) is 2.82. The molecule has 2 atom stereocenters. The number of carbonyl (C=O) groups excluding carboxylic acids is 2. The van der Waals surface area contributed by atoms with Crippen molar-refractivity contribution in [2.45, 2.75) is 46.1 Å². The summed E-state index contributed by atoms with van der Waals surface area (Å²) in [6.07, 6.45) is 2.78. The summed E-state index contributed by atoms with van der Waals surface area (Å²) in [5.74, 6) is -1.15. The largest absolute Gasteiger partial charge is 0.495 e. The number of benzene rings is 1. The predicted octanol–water partition coefficient (Wildman–Crippen LogP) is 2.97. The Morgan fingerprint density at radius 2 is 2.00 bits per heavy atom. The Kier molecular flexibility index (Phi) is 4.61. The van der Waals surface area contributed by atoms with Crippen LogP contribution in [0.3, 0.4) is 0 Å². The molecule has 0 aromatic heterocycles. The van der Waals surface area contributed by atoms with Gasteiger partial charge in [0.1, 0.15) is 5.75 Å². The topological polar surface area (TPSA) is 102 Å². The molecule has 2 bridgehead atoms. The molecule has 3 rings (SSSR count). The molecule has 2 amide bonds. The minimum Gasteiger partial charge on any atom is -0.495 e. The summed E-state index contributed by atoms with van der Waals surface area (Å²) in [7, 11) is 1.39. The van der Waals surface area contributed by atoms with Crippen molar-refractivity contribution in [3.63, 3.8) is 0 Å². The zero-order valence-electron chi connectivity index (χ0n) is 16.1. The van der Waals surface area contributed by atoms with Crippen LogP contribution >= 0.6 is 0 Å². The summed E-state index contributed by atoms with van der Waals surface area (Å²) < 4.78 is 5.14. The first-order valence-corrected chi connectivity index (χ1v) is 8.98. The summed E-state index contributed by atoms with van der Waals surface area (Å²) in [5, 5.41) is 13.5. The molecule has 2 fully saturated rings. The number of methoxy groups -OCH3 is 1. The van der Waals surface area contributed by atoms with Gasteiger partial charge in [-0.25, -0.2) is 0 Å². The molecular formula is C19H25N3O5. The maximum atomic E-state index is 12.8. The van der Waals surface area contributed by atoms with Crippen LogP contribution in [-0.4, -0.2) is 41.3 Å². The third-order valence-corrected chi connectivity index (χ3v) is 5.51. The average molecular weight is 375 g/mol. The number of nitro groups is 1. The lowest BCUT2D eigenvalue weighted by molar-refractivity contribution is -0.384. The molecule has 1 saturated carbocycles. The summed E-state index contributed by atoms with van der Waals surface area (Å²) in [5.41, 5.74) is 0.0708. The molecule has 1 N–H and O–H groups in total. The second-order valence-electron chi connectivity index (χ2n) is 8.74. The van der Waals surface area contributed by atoms with Gasteiger partial charge < -0.3 is 15.0 Å². The van der Waals surface area contributed by atoms with Crippen LogP contribution in [0.25, 0.3) is 0 Å². The number of hydrogen-bond donors (Lipinski definition) is 1. The van der Waals surface area contributed by atoms with Gasteiger partial charge in [0.15, 0.2) is 0 Å². The third kappa shape index (κ3) is 3.74. The number of nitrogens with one attached hydrogen (secondary N) is 1. The SMILES string of the molecule is COc1ccc([N+](=O)[O-])cc1NC(=O)C(=O)N1CC2(C)CC1CC(C)(C)C2. The molecule has 1 heterocycles. The Labute approximate surface area is 158 Å². The van der Waals surface area contributed by atoms with Gasteiger partial charge in [-0.3, -0.25) is 19.7 Å². The first-order valence-electron chi connectivity index (χ1n) is 8.98. The van der Waals surface area contributed by atoms with E-state index in [0.717, 1.165) is 19.3 Å². The fourth-order valence-corrected chi connectivity index (χ4v) is 4.91. The van der Waals surface area contributed by atoms with Gasteiger partial charge in [-0.2, -0.15) is 0 Å². The first kappa shape index (κ1) is 19.1. The Morgan fingerprint density at radius 3 is 2.63 bits per heavy atom. The maximum Gasteiger partial charge on any atom is 0.314 e. The van der Waals surface area contributed by atoms with E-state index >= 15 is 0 Å². The molecule has 1 aliphatic heterocycles. The Bertz CT molecular complexity index is 807. The van der Waals surface area contributed by atoms with E-state index in [2.05, 4.69) is 26.1 Å². The number of ether oxygens (including phenoxy) is 1. The number of rotatable bonds is 3. The molecule has 1 aromatic rings. The van der Waals surface area contributed by atoms with Crippen molar-refractivity contribution in [2.24, 2.45) is 10.8 Å². The van der Waals surface area contributed by atoms with Crippen LogP contribution in [0.4, 0.5) is 11.4 Å². The number of non-ortho nitro benzene ring substituents is 1. The summed E-state index contributed by atoms with van der Waals surface area (Å²) in [6, 6.07) is 3.91. The molecule has 27 heavy (non-hydrogen) atoms. The zero-order chi connectivity index (χ0) is 20.0. The van der Waals surface area contributed by atoms with Crippen LogP contribution in [0.1, 0.15) is 40.0 Å². The number of hydrogen-bond acceptors (Lipinski definition) is 5. The van der Waals surface area contributed by atoms with E-state index in [4.69, 9.17) is 4.74 Å². The highest BCUT2D eigenvalue weighted by atomic mass is 16.6. The number of nitro benzene ring substituents is 1. The fraction of sp³-hybridized carbons (Fsp3) is 0.579. The number of carbonyl (C=O) groups is 2. The van der Waals surface area contributed by atoms with Crippen molar-refractivity contribution in [1.29, 1.82) is 0 Å². The number of anilines is 1. The van der Waals surface area contributed by atoms with Crippen molar-refractivity contribution in [3.8, 4) is 5.75 Å². The van der Waals surface area contributed by atoms with E-state index in [1.165, 1.54) is 25.3 Å². The highest BCUT2D eigenvalue weighted by Gasteiger charge is 2.51. The molecule has 146 valence electrons. The van der Waals surface area contributed by atoms with E-state index in [1.807, 2.05) is 0 Å². The van der Waals surface area contributed by atoms with E-state index < -0.39 is 16.7 Å². The van der Waals surface area contributed by atoms with Crippen LogP contribution in [0.2, 0.25) is 0 Å². The Balaban J connectivity index is 1.78. The monoisotopic (exact) mass is 375 g/mol. The van der Waals surface area contributed by atoms with Gasteiger partial charge in [-0.15, -0.1) is 0 Å². The molecule has 8 heteroatoms. The van der Waals surface area contributed by atoms with Crippen molar-refractivity contribution >= 4 is 23.2 Å². The summed E-state index contributed by atoms with van der Waals surface area (Å²) >= 11 is 0. The molecule has 1 aromatic carbocycles. The Hall–Kier alpha value is -2.64. The van der Waals surface area contributed by atoms with Crippen LogP contribution < -0.4 is 10.1 Å². The summed E-state index contributed by atoms with van der Waals surface area (Å²) in [6.45, 7) is 7.11. The predicted molar refractivity (Wildman–Crippen MR) is 99.5 cm³/mol. The minimum absolute atomic E-state index is 0.0194. The van der Waals surface area contributed by atoms with Crippen LogP contribution in [0, 0.1) is 20.9 Å². The molecular weight excluding hydrogens is 350 g/mol. The van der Waals surface area contributed by atoms with Crippen molar-refractivity contribution in [2.75, 3.05) is 19.0 Å². The maximum absolute atomic E-state index is 12.8. The van der Waals surface area contributed by atoms with Gasteiger partial charge in [0.05, 0.1) is 17.7 Å². The number of nitrogens with zero attached hydrogens (tertiary/aromatic N) is 2. The van der Waals surface area contributed by atoms with Crippen LogP contribution in [-0.2, 0) is 9.59 Å². The van der Waals surface area contributed by atoms with Gasteiger partial charge in [0, 0.05) is 24.7 Å². The Morgan fingerprint density at radius 1 is 1.30 bits per heavy atom. The molecule has 8 nitrogen and oxygen atoms in total. The highest BCUT2D eigenvalue weighted by molar-refractivity contribution is 6.39. The second kappa shape index (κ2) is 6.51. The van der Waals surface area contributed by atoms with Crippen LogP contribution in [0.15, 0.2) is 18.2 Å². The second-order valence-corrected chi connectivity index (χ2v) is 8.74. The number of likely N-dealkylation sites (tertiary alicyclic amines) is 1. The lowest BCUT2D eigenvalue weighted by Gasteiger charge is -2.39. The van der Waals surface area contributed by atoms with E-state index in [0.29, 0.717) is 6.54 Å². The highest BCUT2D eigenvalue weighted by Crippen LogP contribution is 2.52. The smallest absolute Gasteiger partial charge is 0.314 e. The van der Waals surface area contributed by atoms with Gasteiger partial charge in [0.25, 0.3) is 5.69 Å². The van der Waals surface area contributed by atoms with Gasteiger partial charge in [-0.1, -0.05) is 20.8 Å². The zero-order valence-corrected chi connectivity index (χ0v) is 16.1. The molecule has 2 aliphatic rings. The van der Waals surface area contributed by atoms with E-state index in [-0.39, 0.29) is 34.0 Å². The minimum atomic E-state index is -0.803. The summed E-state index contributed by atoms with van der Waals surface area (Å²) in [4.78, 5) is 37.5. The molecule has 1 saturated heterocycles. The lowest BCUT2D eigenvalue weighted by atomic mass is 9.65. The van der Waals surface area contributed by atoms with Crippen molar-refractivity contribution in [1.82, 2.24) is 4.90 Å². The van der Waals surface area contributed by atoms with Crippen LogP contribution in [0.5, 0.6) is 5.75 Å². The molecule has 1 aliphatic carbocycles. The van der Waals surface area contributed by atoms with Gasteiger partial charge in [0.2, 0.25) is 0 Å². The fourth-order valence-electron chi connectivity index (χ4n) is 4.91. The van der Waals surface area contributed by atoms with E-state index in [1.54, 1.807) is 4.90 Å². The third-order valence-electron chi connectivity index (χ3n) is 5.51. The lowest BCUT2D eigenvalue weighted by Crippen LogP contribution is -2.43.